The van der Waals surface area contributed by atoms with Gasteiger partial charge in [0.15, 0.2) is 6.29 Å². The number of nitrogens with zero attached hydrogens (tertiary/aromatic N) is 1. The Hall–Kier alpha value is -2.13. The molecule has 2 heterocycles. The second-order valence-electron chi connectivity index (χ2n) is 6.41. The second kappa shape index (κ2) is 15.8. The Bertz CT molecular complexity index is 726. The number of aldehydes is 1. The predicted molar refractivity (Wildman–Crippen MR) is 115 cm³/mol. The molecule has 1 aliphatic heterocycles. The molecule has 0 saturated carbocycles. The van der Waals surface area contributed by atoms with Crippen molar-refractivity contribution in [1.29, 1.82) is 0 Å². The number of pyridine rings is 1. The molecule has 1 atom stereocenters. The number of aromatic nitrogens is 1. The van der Waals surface area contributed by atoms with Gasteiger partial charge in [0.2, 0.25) is 0 Å². The molecule has 1 aromatic heterocycles. The third kappa shape index (κ3) is 11.5. The molecule has 1 fully saturated rings. The Morgan fingerprint density at radius 3 is 1.90 bits per heavy atom. The minimum absolute atomic E-state index is 0. The van der Waals surface area contributed by atoms with Crippen molar-refractivity contribution >= 4 is 6.29 Å². The maximum absolute atomic E-state index is 9.97. The maximum Gasteiger partial charge on any atom is 0.151 e. The summed E-state index contributed by atoms with van der Waals surface area (Å²) in [4.78, 5) is 13.7. The summed E-state index contributed by atoms with van der Waals surface area (Å²) < 4.78 is 0. The van der Waals surface area contributed by atoms with Crippen LogP contribution in [0.3, 0.4) is 0 Å². The monoisotopic (exact) mass is 558 g/mol. The van der Waals surface area contributed by atoms with E-state index >= 15 is 0 Å². The zero-order valence-electron chi connectivity index (χ0n) is 16.5. The van der Waals surface area contributed by atoms with Gasteiger partial charge in [-0.1, -0.05) is 60.7 Å². The van der Waals surface area contributed by atoms with Gasteiger partial charge < -0.3 is 17.6 Å². The molecule has 29 heavy (non-hydrogen) atoms. The maximum atomic E-state index is 9.97. The summed E-state index contributed by atoms with van der Waals surface area (Å²) >= 11 is 0. The largest absolute Gasteiger partial charge is 0.341 e. The summed E-state index contributed by atoms with van der Waals surface area (Å²) in [6.45, 7) is 6.99. The molecule has 2 aromatic carbocycles. The minimum Gasteiger partial charge on any atom is -0.341 e. The standard InChI is InChI=1S/C13H12.C6H5NO.C5H11N2.W/c1-3-7-12(8-4-1)11-13-9-5-2-6-10-13;8-5-6-2-1-3-7-4-6;1-5-4-6-2-3-7-5;/h1-10H,11H2;1-5H;5-7H,1-4H2;/q;;-1;. The number of benzene rings is 2. The fourth-order valence-electron chi connectivity index (χ4n) is 2.59. The molecule has 0 spiro atoms. The summed E-state index contributed by atoms with van der Waals surface area (Å²) in [6, 6.07) is 24.9. The summed E-state index contributed by atoms with van der Waals surface area (Å²) in [5.74, 6) is 0. The molecule has 1 saturated heterocycles. The number of hydrogen-bond acceptors (Lipinski definition) is 4. The van der Waals surface area contributed by atoms with Crippen LogP contribution in [0, 0.1) is 6.92 Å². The van der Waals surface area contributed by atoms with Gasteiger partial charge in [0.25, 0.3) is 0 Å². The van der Waals surface area contributed by atoms with Gasteiger partial charge in [0.05, 0.1) is 0 Å². The topological polar surface area (TPSA) is 54.0 Å². The number of rotatable bonds is 3. The van der Waals surface area contributed by atoms with E-state index in [1.807, 2.05) is 0 Å². The first-order valence-electron chi connectivity index (χ1n) is 9.48. The van der Waals surface area contributed by atoms with Crippen molar-refractivity contribution in [1.82, 2.24) is 15.6 Å². The fourth-order valence-corrected chi connectivity index (χ4v) is 2.59. The van der Waals surface area contributed by atoms with Gasteiger partial charge in [-0.15, -0.1) is 6.04 Å². The van der Waals surface area contributed by atoms with E-state index in [4.69, 9.17) is 0 Å². The first kappa shape index (κ1) is 24.9. The van der Waals surface area contributed by atoms with Crippen LogP contribution in [0.15, 0.2) is 85.2 Å². The number of carbonyl (C=O) groups is 1. The van der Waals surface area contributed by atoms with Crippen LogP contribution in [0.5, 0.6) is 0 Å². The van der Waals surface area contributed by atoms with Crippen LogP contribution in [-0.2, 0) is 27.5 Å². The molecule has 1 aliphatic rings. The minimum atomic E-state index is 0. The van der Waals surface area contributed by atoms with Crippen molar-refractivity contribution in [2.75, 3.05) is 19.6 Å². The molecule has 2 N–H and O–H groups in total. The van der Waals surface area contributed by atoms with Crippen LogP contribution in [0.4, 0.5) is 0 Å². The first-order valence-corrected chi connectivity index (χ1v) is 9.48. The Morgan fingerprint density at radius 1 is 0.931 bits per heavy atom. The summed E-state index contributed by atoms with van der Waals surface area (Å²) in [5, 5.41) is 6.42. The van der Waals surface area contributed by atoms with Crippen molar-refractivity contribution in [3.63, 3.8) is 0 Å². The molecular formula is C24H28N3OW-. The first-order chi connectivity index (χ1) is 13.8. The number of hydrogen-bond donors (Lipinski definition) is 2. The van der Waals surface area contributed by atoms with E-state index in [1.54, 1.807) is 18.3 Å². The van der Waals surface area contributed by atoms with Crippen LogP contribution >= 0.6 is 0 Å². The normalized spacial score (nSPS) is 14.7. The van der Waals surface area contributed by atoms with Crippen molar-refractivity contribution in [2.24, 2.45) is 0 Å². The van der Waals surface area contributed by atoms with Crippen molar-refractivity contribution < 1.29 is 25.9 Å². The van der Waals surface area contributed by atoms with Crippen LogP contribution in [0.25, 0.3) is 0 Å². The molecule has 0 bridgehead atoms. The zero-order valence-corrected chi connectivity index (χ0v) is 19.5. The van der Waals surface area contributed by atoms with Gasteiger partial charge in [0.1, 0.15) is 0 Å². The molecule has 4 nitrogen and oxygen atoms in total. The molecule has 1 unspecified atom stereocenters. The molecule has 5 heteroatoms. The molecular weight excluding hydrogens is 530 g/mol. The summed E-state index contributed by atoms with van der Waals surface area (Å²) in [5.41, 5.74) is 3.36. The van der Waals surface area contributed by atoms with E-state index in [9.17, 15) is 4.79 Å². The van der Waals surface area contributed by atoms with E-state index < -0.39 is 0 Å². The molecule has 3 aromatic rings. The fraction of sp³-hybridized carbons (Fsp3) is 0.208. The van der Waals surface area contributed by atoms with E-state index in [1.165, 1.54) is 17.3 Å². The molecule has 0 amide bonds. The summed E-state index contributed by atoms with van der Waals surface area (Å²) in [6.07, 6.45) is 4.95. The van der Waals surface area contributed by atoms with Gasteiger partial charge in [0, 0.05) is 52.1 Å². The number of piperazine rings is 1. The van der Waals surface area contributed by atoms with Gasteiger partial charge in [-0.3, -0.25) is 9.78 Å². The Labute approximate surface area is 188 Å². The summed E-state index contributed by atoms with van der Waals surface area (Å²) in [7, 11) is 0. The van der Waals surface area contributed by atoms with Crippen LogP contribution < -0.4 is 10.6 Å². The zero-order chi connectivity index (χ0) is 19.9. The van der Waals surface area contributed by atoms with Crippen LogP contribution in [-0.4, -0.2) is 36.9 Å². The average Bonchev–Trinajstić information content (AvgIpc) is 2.77. The quantitative estimate of drug-likeness (QED) is 0.382. The van der Waals surface area contributed by atoms with E-state index in [-0.39, 0.29) is 21.1 Å². The van der Waals surface area contributed by atoms with Gasteiger partial charge in [-0.2, -0.15) is 0 Å². The molecule has 0 radical (unpaired) electrons. The van der Waals surface area contributed by atoms with Crippen molar-refractivity contribution in [2.45, 2.75) is 12.5 Å². The van der Waals surface area contributed by atoms with Crippen molar-refractivity contribution in [3.8, 4) is 0 Å². The van der Waals surface area contributed by atoms with Crippen LogP contribution in [0.2, 0.25) is 0 Å². The van der Waals surface area contributed by atoms with Crippen LogP contribution in [0.1, 0.15) is 21.5 Å². The molecule has 4 rings (SSSR count). The van der Waals surface area contributed by atoms with Crippen molar-refractivity contribution in [3.05, 3.63) is 109 Å². The third-order valence-corrected chi connectivity index (χ3v) is 4.04. The third-order valence-electron chi connectivity index (χ3n) is 4.04. The van der Waals surface area contributed by atoms with E-state index in [2.05, 4.69) is 83.2 Å². The molecule has 0 aliphatic carbocycles. The second-order valence-corrected chi connectivity index (χ2v) is 6.41. The Kier molecular flexibility index (Phi) is 13.5. The average molecular weight is 558 g/mol. The molecule has 152 valence electrons. The predicted octanol–water partition coefficient (Wildman–Crippen LogP) is 3.55. The SMILES string of the molecule is O=Cc1cccnc1.[CH2-]C1CNCCN1.[W].c1ccc(Cc2ccccc2)cc1. The number of carbonyl (C=O) groups excluding carboxylic acids is 1. The van der Waals surface area contributed by atoms with E-state index in [0.717, 1.165) is 32.3 Å². The van der Waals surface area contributed by atoms with Gasteiger partial charge >= 0.3 is 0 Å². The van der Waals surface area contributed by atoms with Gasteiger partial charge in [-0.05, 0) is 36.2 Å². The smallest absolute Gasteiger partial charge is 0.151 e. The van der Waals surface area contributed by atoms with Gasteiger partial charge in [-0.25, -0.2) is 0 Å². The number of nitrogens with one attached hydrogen (secondary N) is 2. The Balaban J connectivity index is 0.000000228. The van der Waals surface area contributed by atoms with E-state index in [0.29, 0.717) is 11.6 Å². The Morgan fingerprint density at radius 2 is 1.55 bits per heavy atom.